The van der Waals surface area contributed by atoms with Crippen molar-refractivity contribution in [2.75, 3.05) is 31.1 Å². The zero-order valence-electron chi connectivity index (χ0n) is 11.0. The lowest BCUT2D eigenvalue weighted by atomic mass is 10.2. The highest BCUT2D eigenvalue weighted by atomic mass is 35.5. The third-order valence-corrected chi connectivity index (χ3v) is 3.55. The number of hydrogen-bond donors (Lipinski definition) is 0. The minimum Gasteiger partial charge on any atom is -0.344 e. The molecule has 0 aromatic carbocycles. The van der Waals surface area contributed by atoms with Crippen molar-refractivity contribution in [1.29, 1.82) is 5.26 Å². The Hall–Kier alpha value is -1.80. The van der Waals surface area contributed by atoms with Gasteiger partial charge in [0.1, 0.15) is 11.9 Å². The Kier molecular flexibility index (Phi) is 3.91. The number of halogens is 1. The summed E-state index contributed by atoms with van der Waals surface area (Å²) in [5, 5.41) is 9.35. The molecule has 19 heavy (non-hydrogen) atoms. The summed E-state index contributed by atoms with van der Waals surface area (Å²) in [7, 11) is 0. The van der Waals surface area contributed by atoms with Gasteiger partial charge >= 0.3 is 0 Å². The van der Waals surface area contributed by atoms with E-state index in [9.17, 15) is 4.79 Å². The number of nitrogens with zero attached hydrogens (tertiary/aromatic N) is 4. The topological polar surface area (TPSA) is 60.2 Å². The summed E-state index contributed by atoms with van der Waals surface area (Å²) in [5.41, 5.74) is 1.10. The number of aryl methyl sites for hydroxylation is 1. The predicted molar refractivity (Wildman–Crippen MR) is 73.2 cm³/mol. The summed E-state index contributed by atoms with van der Waals surface area (Å²) in [6.07, 6.45) is 0. The maximum Gasteiger partial charge on any atom is 0.242 e. The van der Waals surface area contributed by atoms with E-state index >= 15 is 0 Å². The Balaban J connectivity index is 2.27. The molecule has 0 saturated carbocycles. The van der Waals surface area contributed by atoms with Crippen molar-refractivity contribution < 1.29 is 4.79 Å². The normalized spacial score (nSPS) is 15.6. The summed E-state index contributed by atoms with van der Waals surface area (Å²) in [6.45, 7) is 6.11. The number of carbonyl (C=O) groups is 1. The number of rotatable bonds is 2. The van der Waals surface area contributed by atoms with Crippen LogP contribution in [0.1, 0.15) is 18.2 Å². The van der Waals surface area contributed by atoms with Crippen LogP contribution in [0.25, 0.3) is 0 Å². The molecule has 1 aromatic heterocycles. The SMILES string of the molecule is CCN1CCN(c2nc(C)c(C#N)cc2Cl)CC1=O. The van der Waals surface area contributed by atoms with E-state index < -0.39 is 0 Å². The van der Waals surface area contributed by atoms with Gasteiger partial charge in [0.2, 0.25) is 5.91 Å². The minimum absolute atomic E-state index is 0.0774. The molecule has 0 unspecified atom stereocenters. The fraction of sp³-hybridized carbons (Fsp3) is 0.462. The van der Waals surface area contributed by atoms with E-state index in [-0.39, 0.29) is 12.5 Å². The van der Waals surface area contributed by atoms with Crippen LogP contribution < -0.4 is 4.90 Å². The zero-order valence-corrected chi connectivity index (χ0v) is 11.7. The highest BCUT2D eigenvalue weighted by Gasteiger charge is 2.25. The lowest BCUT2D eigenvalue weighted by Gasteiger charge is -2.34. The number of piperazine rings is 1. The predicted octanol–water partition coefficient (Wildman–Crippen LogP) is 1.58. The number of anilines is 1. The molecule has 1 aliphatic heterocycles. The summed E-state index contributed by atoms with van der Waals surface area (Å²) >= 11 is 6.15. The van der Waals surface area contributed by atoms with Crippen LogP contribution in [0.2, 0.25) is 5.02 Å². The van der Waals surface area contributed by atoms with Gasteiger partial charge in [-0.05, 0) is 19.9 Å². The highest BCUT2D eigenvalue weighted by Crippen LogP contribution is 2.26. The van der Waals surface area contributed by atoms with Gasteiger partial charge < -0.3 is 9.80 Å². The van der Waals surface area contributed by atoms with E-state index in [1.54, 1.807) is 17.9 Å². The first kappa shape index (κ1) is 13.6. The van der Waals surface area contributed by atoms with Gasteiger partial charge in [0, 0.05) is 19.6 Å². The molecule has 0 aliphatic carbocycles. The van der Waals surface area contributed by atoms with Gasteiger partial charge in [-0.15, -0.1) is 0 Å². The number of pyridine rings is 1. The molecule has 5 nitrogen and oxygen atoms in total. The van der Waals surface area contributed by atoms with Crippen molar-refractivity contribution in [2.24, 2.45) is 0 Å². The first-order valence-electron chi connectivity index (χ1n) is 6.16. The first-order chi connectivity index (χ1) is 9.06. The number of amides is 1. The first-order valence-corrected chi connectivity index (χ1v) is 6.54. The Morgan fingerprint density at radius 2 is 2.26 bits per heavy atom. The van der Waals surface area contributed by atoms with Gasteiger partial charge in [-0.2, -0.15) is 5.26 Å². The molecule has 0 N–H and O–H groups in total. The minimum atomic E-state index is 0.0774. The molecule has 2 heterocycles. The van der Waals surface area contributed by atoms with Crippen molar-refractivity contribution >= 4 is 23.3 Å². The van der Waals surface area contributed by atoms with Gasteiger partial charge in [0.05, 0.1) is 22.8 Å². The van der Waals surface area contributed by atoms with E-state index in [0.29, 0.717) is 35.2 Å². The standard InChI is InChI=1S/C13H15ClN4O/c1-3-17-4-5-18(8-12(17)19)13-11(14)6-10(7-15)9(2)16-13/h6H,3-5,8H2,1-2H3. The Labute approximate surface area is 117 Å². The van der Waals surface area contributed by atoms with Crippen LogP contribution >= 0.6 is 11.6 Å². The van der Waals surface area contributed by atoms with Crippen LogP contribution in [0.15, 0.2) is 6.07 Å². The average Bonchev–Trinajstić information content (AvgIpc) is 2.40. The second kappa shape index (κ2) is 5.45. The summed E-state index contributed by atoms with van der Waals surface area (Å²) < 4.78 is 0. The molecule has 0 spiro atoms. The maximum absolute atomic E-state index is 11.9. The van der Waals surface area contributed by atoms with Crippen molar-refractivity contribution in [3.8, 4) is 6.07 Å². The number of carbonyl (C=O) groups excluding carboxylic acids is 1. The van der Waals surface area contributed by atoms with Gasteiger partial charge in [-0.25, -0.2) is 4.98 Å². The van der Waals surface area contributed by atoms with E-state index in [0.717, 1.165) is 6.54 Å². The van der Waals surface area contributed by atoms with Crippen LogP contribution in [0.5, 0.6) is 0 Å². The monoisotopic (exact) mass is 278 g/mol. The number of nitriles is 1. The third-order valence-electron chi connectivity index (χ3n) is 3.27. The molecule has 1 amide bonds. The highest BCUT2D eigenvalue weighted by molar-refractivity contribution is 6.33. The van der Waals surface area contributed by atoms with Crippen LogP contribution in [0, 0.1) is 18.3 Å². The molecule has 1 saturated heterocycles. The average molecular weight is 279 g/mol. The molecule has 0 atom stereocenters. The van der Waals surface area contributed by atoms with Crippen LogP contribution in [0.4, 0.5) is 5.82 Å². The Morgan fingerprint density at radius 3 is 2.84 bits per heavy atom. The van der Waals surface area contributed by atoms with Gasteiger partial charge in [0.15, 0.2) is 0 Å². The third kappa shape index (κ3) is 2.64. The van der Waals surface area contributed by atoms with Crippen molar-refractivity contribution in [3.05, 3.63) is 22.3 Å². The smallest absolute Gasteiger partial charge is 0.242 e. The van der Waals surface area contributed by atoms with E-state index in [2.05, 4.69) is 11.1 Å². The number of hydrogen-bond acceptors (Lipinski definition) is 4. The lowest BCUT2D eigenvalue weighted by Crippen LogP contribution is -2.50. The maximum atomic E-state index is 11.9. The fourth-order valence-corrected chi connectivity index (χ4v) is 2.40. The van der Waals surface area contributed by atoms with Crippen LogP contribution in [-0.4, -0.2) is 42.0 Å². The number of aromatic nitrogens is 1. The molecule has 2 rings (SSSR count). The second-order valence-corrected chi connectivity index (χ2v) is 4.84. The van der Waals surface area contributed by atoms with Crippen molar-refractivity contribution in [3.63, 3.8) is 0 Å². The summed E-state index contributed by atoms with van der Waals surface area (Å²) in [6, 6.07) is 3.66. The molecule has 0 bridgehead atoms. The lowest BCUT2D eigenvalue weighted by molar-refractivity contribution is -0.130. The summed E-state index contributed by atoms with van der Waals surface area (Å²) in [5.74, 6) is 0.663. The molecular weight excluding hydrogens is 264 g/mol. The molecule has 1 aliphatic rings. The van der Waals surface area contributed by atoms with Gasteiger partial charge in [0.25, 0.3) is 0 Å². The molecule has 0 radical (unpaired) electrons. The fourth-order valence-electron chi connectivity index (χ4n) is 2.13. The summed E-state index contributed by atoms with van der Waals surface area (Å²) in [4.78, 5) is 19.9. The van der Waals surface area contributed by atoms with Gasteiger partial charge in [-0.3, -0.25) is 4.79 Å². The zero-order chi connectivity index (χ0) is 14.0. The Bertz CT molecular complexity index is 552. The second-order valence-electron chi connectivity index (χ2n) is 4.43. The Morgan fingerprint density at radius 1 is 1.53 bits per heavy atom. The van der Waals surface area contributed by atoms with E-state index in [1.807, 2.05) is 11.8 Å². The molecular formula is C13H15ClN4O. The van der Waals surface area contributed by atoms with Crippen molar-refractivity contribution in [2.45, 2.75) is 13.8 Å². The van der Waals surface area contributed by atoms with Gasteiger partial charge in [-0.1, -0.05) is 11.6 Å². The molecule has 1 fully saturated rings. The van der Waals surface area contributed by atoms with Crippen LogP contribution in [0.3, 0.4) is 0 Å². The largest absolute Gasteiger partial charge is 0.344 e. The quantitative estimate of drug-likeness (QED) is 0.824. The molecule has 100 valence electrons. The van der Waals surface area contributed by atoms with Crippen LogP contribution in [-0.2, 0) is 4.79 Å². The molecule has 1 aromatic rings. The van der Waals surface area contributed by atoms with Crippen molar-refractivity contribution in [1.82, 2.24) is 9.88 Å². The van der Waals surface area contributed by atoms with E-state index in [1.165, 1.54) is 0 Å². The molecule has 6 heteroatoms. The number of likely N-dealkylation sites (N-methyl/N-ethyl adjacent to an activating group) is 1. The van der Waals surface area contributed by atoms with E-state index in [4.69, 9.17) is 16.9 Å².